The highest BCUT2D eigenvalue weighted by Crippen LogP contribution is 2.16. The molecule has 0 aliphatic rings. The zero-order valence-electron chi connectivity index (χ0n) is 29.1. The minimum Gasteiger partial charge on any atom is -0.451 e. The van der Waals surface area contributed by atoms with Gasteiger partial charge in [0.05, 0.1) is 0 Å². The summed E-state index contributed by atoms with van der Waals surface area (Å²) < 4.78 is 17.3. The van der Waals surface area contributed by atoms with Crippen LogP contribution in [0.5, 0.6) is 0 Å². The zero-order valence-corrected chi connectivity index (χ0v) is 31.1. The predicted octanol–water partition coefficient (Wildman–Crippen LogP) is 4.15. The maximum atomic E-state index is 12.5. The first-order valence-corrected chi connectivity index (χ1v) is 22.6. The van der Waals surface area contributed by atoms with Crippen molar-refractivity contribution in [1.29, 1.82) is 0 Å². The molecule has 0 bridgehead atoms. The standard InChI is InChI=1S/C29H63N7O7Si2/c1-9-10-13-16-25(35-26(37)31-4)36-29(40)42-22-45(7,8)43-44(5,6)21-41-28(39)33-20-15-12-11-14-19-32-27(38)34-24(3)18-17-23(2)30/h23-25H,9-22,30H2,1-8H3,(H,33,39)(H,36,40)(H2,31,35,37)(H2,32,34,38). The fraction of sp³-hybridized carbons (Fsp3) is 0.862. The number of carbonyl (C=O) groups is 4. The molecule has 0 heterocycles. The number of carbonyl (C=O) groups excluding carboxylic acids is 4. The molecule has 8 N–H and O–H groups in total. The smallest absolute Gasteiger partial charge is 0.408 e. The molecule has 3 atom stereocenters. The van der Waals surface area contributed by atoms with Crippen LogP contribution in [0.15, 0.2) is 0 Å². The molecule has 0 saturated carbocycles. The number of rotatable bonds is 23. The van der Waals surface area contributed by atoms with Crippen LogP contribution in [0.3, 0.4) is 0 Å². The summed E-state index contributed by atoms with van der Waals surface area (Å²) in [6.45, 7) is 14.9. The maximum Gasteiger partial charge on any atom is 0.408 e. The highest BCUT2D eigenvalue weighted by Gasteiger charge is 2.36. The lowest BCUT2D eigenvalue weighted by Gasteiger charge is -2.33. The number of hydrogen-bond donors (Lipinski definition) is 7. The van der Waals surface area contributed by atoms with Crippen LogP contribution in [0.2, 0.25) is 26.2 Å². The van der Waals surface area contributed by atoms with Gasteiger partial charge in [-0.25, -0.2) is 19.2 Å². The Hall–Kier alpha value is -2.57. The van der Waals surface area contributed by atoms with Gasteiger partial charge >= 0.3 is 24.2 Å². The average molecular weight is 678 g/mol. The van der Waals surface area contributed by atoms with Gasteiger partial charge in [-0.3, -0.25) is 0 Å². The summed E-state index contributed by atoms with van der Waals surface area (Å²) in [6, 6.07) is -0.322. The normalized spacial score (nSPS) is 13.5. The number of nitrogens with two attached hydrogens (primary N) is 1. The molecule has 0 radical (unpaired) electrons. The van der Waals surface area contributed by atoms with E-state index in [2.05, 4.69) is 38.8 Å². The minimum atomic E-state index is -2.43. The second kappa shape index (κ2) is 23.7. The van der Waals surface area contributed by atoms with Gasteiger partial charge in [-0.05, 0) is 78.6 Å². The number of hydrogen-bond acceptors (Lipinski definition) is 8. The van der Waals surface area contributed by atoms with Crippen LogP contribution in [0.4, 0.5) is 19.2 Å². The quantitative estimate of drug-likeness (QED) is 0.0476. The van der Waals surface area contributed by atoms with Crippen LogP contribution in [-0.2, 0) is 13.6 Å². The Labute approximate surface area is 273 Å². The van der Waals surface area contributed by atoms with Crippen molar-refractivity contribution in [2.75, 3.05) is 32.6 Å². The Balaban J connectivity index is 4.21. The van der Waals surface area contributed by atoms with E-state index in [0.29, 0.717) is 19.5 Å². The third kappa shape index (κ3) is 25.3. The molecule has 14 nitrogen and oxygen atoms in total. The number of amides is 6. The van der Waals surface area contributed by atoms with E-state index in [-0.39, 0.29) is 36.6 Å². The molecule has 6 amide bonds. The molecule has 0 aromatic carbocycles. The molecule has 0 spiro atoms. The van der Waals surface area contributed by atoms with E-state index in [1.165, 1.54) is 7.05 Å². The lowest BCUT2D eigenvalue weighted by atomic mass is 10.1. The highest BCUT2D eigenvalue weighted by molar-refractivity contribution is 6.84. The number of urea groups is 2. The van der Waals surface area contributed by atoms with Gasteiger partial charge in [0, 0.05) is 32.2 Å². The fourth-order valence-corrected chi connectivity index (χ4v) is 11.8. The van der Waals surface area contributed by atoms with E-state index in [9.17, 15) is 19.2 Å². The number of nitrogens with one attached hydrogen (secondary N) is 6. The van der Waals surface area contributed by atoms with E-state index in [1.807, 2.05) is 40.0 Å². The van der Waals surface area contributed by atoms with E-state index in [0.717, 1.165) is 57.8 Å². The summed E-state index contributed by atoms with van der Waals surface area (Å²) in [4.78, 5) is 48.3. The Morgan fingerprint density at radius 2 is 1.27 bits per heavy atom. The summed E-state index contributed by atoms with van der Waals surface area (Å²) in [6.07, 6.45) is 7.39. The topological polar surface area (TPSA) is 194 Å². The van der Waals surface area contributed by atoms with Gasteiger partial charge in [-0.1, -0.05) is 32.6 Å². The molecular formula is C29H63N7O7Si2. The van der Waals surface area contributed by atoms with Crippen molar-refractivity contribution >= 4 is 40.9 Å². The number of alkyl carbamates (subject to hydrolysis) is 2. The van der Waals surface area contributed by atoms with Crippen LogP contribution in [0.1, 0.15) is 85.0 Å². The highest BCUT2D eigenvalue weighted by atomic mass is 28.4. The van der Waals surface area contributed by atoms with Gasteiger partial charge in [0.25, 0.3) is 0 Å². The third-order valence-corrected chi connectivity index (χ3v) is 12.8. The van der Waals surface area contributed by atoms with E-state index < -0.39 is 35.0 Å². The molecule has 0 rings (SSSR count). The summed E-state index contributed by atoms with van der Waals surface area (Å²) in [5.74, 6) is 0. The first-order valence-electron chi connectivity index (χ1n) is 16.4. The molecule has 0 fully saturated rings. The lowest BCUT2D eigenvalue weighted by molar-refractivity contribution is 0.150. The van der Waals surface area contributed by atoms with E-state index in [4.69, 9.17) is 19.3 Å². The van der Waals surface area contributed by atoms with Crippen molar-refractivity contribution in [1.82, 2.24) is 31.9 Å². The van der Waals surface area contributed by atoms with Crippen LogP contribution in [0.25, 0.3) is 0 Å². The Morgan fingerprint density at radius 1 is 0.689 bits per heavy atom. The van der Waals surface area contributed by atoms with Crippen LogP contribution >= 0.6 is 0 Å². The largest absolute Gasteiger partial charge is 0.451 e. The van der Waals surface area contributed by atoms with Crippen molar-refractivity contribution in [2.24, 2.45) is 5.73 Å². The number of ether oxygens (including phenoxy) is 2. The molecule has 3 unspecified atom stereocenters. The summed E-state index contributed by atoms with van der Waals surface area (Å²) in [5, 5.41) is 16.5. The Morgan fingerprint density at radius 3 is 1.82 bits per heavy atom. The van der Waals surface area contributed by atoms with Crippen molar-refractivity contribution in [2.45, 2.75) is 129 Å². The summed E-state index contributed by atoms with van der Waals surface area (Å²) in [5.41, 5.74) is 5.76. The molecule has 0 aromatic rings. The third-order valence-electron chi connectivity index (χ3n) is 6.67. The molecule has 45 heavy (non-hydrogen) atoms. The first-order chi connectivity index (χ1) is 21.1. The van der Waals surface area contributed by atoms with Gasteiger partial charge in [0.1, 0.15) is 18.6 Å². The minimum absolute atomic E-state index is 0.0849. The molecular weight excluding hydrogens is 615 g/mol. The van der Waals surface area contributed by atoms with Crippen LogP contribution < -0.4 is 37.6 Å². The molecule has 0 aliphatic heterocycles. The van der Waals surface area contributed by atoms with Gasteiger partial charge in [-0.2, -0.15) is 0 Å². The first kappa shape index (κ1) is 42.4. The van der Waals surface area contributed by atoms with E-state index in [1.54, 1.807) is 0 Å². The maximum absolute atomic E-state index is 12.5. The van der Waals surface area contributed by atoms with Gasteiger partial charge in [0.15, 0.2) is 0 Å². The summed E-state index contributed by atoms with van der Waals surface area (Å²) >= 11 is 0. The lowest BCUT2D eigenvalue weighted by Crippen LogP contribution is -2.53. The van der Waals surface area contributed by atoms with Gasteiger partial charge in [0.2, 0.25) is 16.6 Å². The SMILES string of the molecule is CCCCCC(NC(=O)NC)NC(=O)OC[Si](C)(C)O[Si](C)(C)COC(=O)NCCCCCCNC(=O)NC(C)CCC(C)N. The average Bonchev–Trinajstić information content (AvgIpc) is 2.94. The summed E-state index contributed by atoms with van der Waals surface area (Å²) in [7, 11) is -3.31. The predicted molar refractivity (Wildman–Crippen MR) is 183 cm³/mol. The fourth-order valence-electron chi connectivity index (χ4n) is 4.39. The zero-order chi connectivity index (χ0) is 34.3. The van der Waals surface area contributed by atoms with Crippen molar-refractivity contribution in [3.63, 3.8) is 0 Å². The monoisotopic (exact) mass is 677 g/mol. The Bertz CT molecular complexity index is 867. The number of unbranched alkanes of at least 4 members (excludes halogenated alkanes) is 5. The van der Waals surface area contributed by atoms with Crippen LogP contribution in [0, 0.1) is 0 Å². The molecule has 0 aliphatic carbocycles. The van der Waals surface area contributed by atoms with Crippen molar-refractivity contribution in [3.05, 3.63) is 0 Å². The second-order valence-corrected chi connectivity index (χ2v) is 21.3. The Kier molecular flexibility index (Phi) is 22.4. The second-order valence-electron chi connectivity index (χ2n) is 12.9. The van der Waals surface area contributed by atoms with Crippen molar-refractivity contribution in [3.8, 4) is 0 Å². The molecule has 264 valence electrons. The molecule has 0 aromatic heterocycles. The van der Waals surface area contributed by atoms with Crippen LogP contribution in [-0.4, -0.2) is 91.7 Å². The molecule has 16 heteroatoms. The molecule has 0 saturated heterocycles. The van der Waals surface area contributed by atoms with Crippen molar-refractivity contribution < 1.29 is 32.8 Å². The van der Waals surface area contributed by atoms with Gasteiger partial charge in [-0.15, -0.1) is 0 Å². The van der Waals surface area contributed by atoms with E-state index >= 15 is 0 Å². The van der Waals surface area contributed by atoms with Gasteiger partial charge < -0.3 is 51.2 Å².